The van der Waals surface area contributed by atoms with Gasteiger partial charge >= 0.3 is 0 Å². The number of hydrogen-bond donors (Lipinski definition) is 0. The van der Waals surface area contributed by atoms with Gasteiger partial charge < -0.3 is 8.83 Å². The molecule has 0 radical (unpaired) electrons. The van der Waals surface area contributed by atoms with Crippen molar-refractivity contribution < 1.29 is 8.83 Å². The summed E-state index contributed by atoms with van der Waals surface area (Å²) in [4.78, 5) is 0. The average Bonchev–Trinajstić information content (AvgIpc) is 4.07. The summed E-state index contributed by atoms with van der Waals surface area (Å²) >= 11 is 0. The zero-order chi connectivity index (χ0) is 49.1. The molecule has 2 heteroatoms. The Labute approximate surface area is 426 Å². The standard InChI is InChI=1S/C58H38O2.C7H8.C6H6/c1-36(37-26-30-41(31-27-37)47-22-12-24-49-53-45-20-10-8-18-43(45)34-51(57(53)59-55(47)49)39-14-4-2-5-15-39)38-28-32-42(33-29-38)48-23-13-25-50-54-46-21-11-9-19-44(46)35-52(58(54)60-56(48)50)40-16-6-3-7-17-40;1-7-5-3-2-4-6-7;1-2-4-6-5-3-1/h2-36H,1H3;2-6H,1H3;1-6H. The fourth-order valence-corrected chi connectivity index (χ4v) is 10.4. The van der Waals surface area contributed by atoms with Gasteiger partial charge in [0.2, 0.25) is 0 Å². The molecule has 0 unspecified atom stereocenters. The summed E-state index contributed by atoms with van der Waals surface area (Å²) in [6, 6.07) is 96.3. The Bertz CT molecular complexity index is 3900. The van der Waals surface area contributed by atoms with Crippen LogP contribution in [0.3, 0.4) is 0 Å². The van der Waals surface area contributed by atoms with Crippen LogP contribution in [0.2, 0.25) is 0 Å². The van der Waals surface area contributed by atoms with Gasteiger partial charge in [-0.15, -0.1) is 0 Å². The van der Waals surface area contributed by atoms with Gasteiger partial charge in [0.1, 0.15) is 22.3 Å². The summed E-state index contributed by atoms with van der Waals surface area (Å²) in [5.74, 6) is 0.205. The van der Waals surface area contributed by atoms with E-state index < -0.39 is 0 Å². The van der Waals surface area contributed by atoms with E-state index in [0.29, 0.717) is 0 Å². The first kappa shape index (κ1) is 44.9. The van der Waals surface area contributed by atoms with E-state index in [1.165, 1.54) is 49.0 Å². The minimum Gasteiger partial charge on any atom is -0.455 e. The molecule has 0 N–H and O–H groups in total. The first-order valence-electron chi connectivity index (χ1n) is 25.1. The Hall–Kier alpha value is -9.24. The van der Waals surface area contributed by atoms with Crippen molar-refractivity contribution in [3.8, 4) is 44.5 Å². The van der Waals surface area contributed by atoms with Crippen molar-refractivity contribution >= 4 is 65.4 Å². The van der Waals surface area contributed by atoms with Gasteiger partial charge in [-0.1, -0.05) is 273 Å². The van der Waals surface area contributed by atoms with Crippen LogP contribution in [0.5, 0.6) is 0 Å². The van der Waals surface area contributed by atoms with Crippen LogP contribution in [0.25, 0.3) is 110 Å². The smallest absolute Gasteiger partial charge is 0.143 e. The molecule has 2 nitrogen and oxygen atoms in total. The molecule has 0 bridgehead atoms. The summed E-state index contributed by atoms with van der Waals surface area (Å²) in [5, 5.41) is 9.44. The van der Waals surface area contributed by atoms with Gasteiger partial charge in [-0.25, -0.2) is 0 Å². The van der Waals surface area contributed by atoms with Crippen LogP contribution < -0.4 is 0 Å². The first-order chi connectivity index (χ1) is 36.1. The first-order valence-corrected chi connectivity index (χ1v) is 25.1. The monoisotopic (exact) mass is 936 g/mol. The molecule has 0 saturated carbocycles. The van der Waals surface area contributed by atoms with Crippen molar-refractivity contribution in [1.82, 2.24) is 0 Å². The average molecular weight is 937 g/mol. The second-order valence-corrected chi connectivity index (χ2v) is 18.8. The van der Waals surface area contributed by atoms with Gasteiger partial charge in [0, 0.05) is 49.7 Å². The van der Waals surface area contributed by atoms with Gasteiger partial charge in [0.25, 0.3) is 0 Å². The minimum atomic E-state index is 0.205. The van der Waals surface area contributed by atoms with Crippen LogP contribution in [-0.4, -0.2) is 0 Å². The van der Waals surface area contributed by atoms with Crippen molar-refractivity contribution in [1.29, 1.82) is 0 Å². The number of aryl methyl sites for hydroxylation is 1. The zero-order valence-electron chi connectivity index (χ0n) is 40.9. The number of para-hydroxylation sites is 2. The third-order valence-electron chi connectivity index (χ3n) is 14.2. The summed E-state index contributed by atoms with van der Waals surface area (Å²) in [6.45, 7) is 4.37. The predicted octanol–water partition coefficient (Wildman–Crippen LogP) is 20.3. The molecule has 0 saturated heterocycles. The molecule has 14 aromatic rings. The van der Waals surface area contributed by atoms with E-state index >= 15 is 0 Å². The lowest BCUT2D eigenvalue weighted by molar-refractivity contribution is 0.671. The lowest BCUT2D eigenvalue weighted by Crippen LogP contribution is -1.96. The Morgan fingerprint density at radius 1 is 0.274 bits per heavy atom. The molecule has 0 aliphatic carbocycles. The van der Waals surface area contributed by atoms with E-state index in [1.54, 1.807) is 0 Å². The molecule has 12 aromatic carbocycles. The summed E-state index contributed by atoms with van der Waals surface area (Å²) in [6.07, 6.45) is 0. The Kier molecular flexibility index (Phi) is 12.2. The van der Waals surface area contributed by atoms with Crippen molar-refractivity contribution in [3.63, 3.8) is 0 Å². The highest BCUT2D eigenvalue weighted by Crippen LogP contribution is 2.46. The highest BCUT2D eigenvalue weighted by Gasteiger charge is 2.21. The number of furan rings is 2. The summed E-state index contributed by atoms with van der Waals surface area (Å²) in [5.41, 5.74) is 16.5. The fraction of sp³-hybridized carbons (Fsp3) is 0.0423. The van der Waals surface area contributed by atoms with Gasteiger partial charge in [-0.3, -0.25) is 0 Å². The third-order valence-corrected chi connectivity index (χ3v) is 14.2. The molecular formula is C71H52O2. The molecule has 0 spiro atoms. The molecule has 14 rings (SSSR count). The van der Waals surface area contributed by atoms with Crippen LogP contribution in [-0.2, 0) is 0 Å². The van der Waals surface area contributed by atoms with Crippen LogP contribution in [0.4, 0.5) is 0 Å². The maximum absolute atomic E-state index is 6.91. The molecule has 73 heavy (non-hydrogen) atoms. The van der Waals surface area contributed by atoms with E-state index in [9.17, 15) is 0 Å². The van der Waals surface area contributed by atoms with Gasteiger partial charge in [-0.05, 0) is 74.0 Å². The molecule has 348 valence electrons. The third kappa shape index (κ3) is 8.75. The van der Waals surface area contributed by atoms with E-state index in [4.69, 9.17) is 8.83 Å². The maximum atomic E-state index is 6.91. The van der Waals surface area contributed by atoms with Crippen molar-refractivity contribution in [2.75, 3.05) is 0 Å². The maximum Gasteiger partial charge on any atom is 0.143 e. The predicted molar refractivity (Wildman–Crippen MR) is 309 cm³/mol. The highest BCUT2D eigenvalue weighted by molar-refractivity contribution is 6.25. The van der Waals surface area contributed by atoms with Crippen LogP contribution >= 0.6 is 0 Å². The normalized spacial score (nSPS) is 11.3. The molecule has 0 amide bonds. The summed E-state index contributed by atoms with van der Waals surface area (Å²) < 4.78 is 13.8. The quantitative estimate of drug-likeness (QED) is 0.166. The lowest BCUT2D eigenvalue weighted by atomic mass is 9.90. The Balaban J connectivity index is 0.000000366. The molecule has 0 aliphatic rings. The van der Waals surface area contributed by atoms with Gasteiger partial charge in [0.15, 0.2) is 0 Å². The molecule has 2 heterocycles. The Morgan fingerprint density at radius 2 is 0.603 bits per heavy atom. The number of benzene rings is 12. The largest absolute Gasteiger partial charge is 0.455 e. The van der Waals surface area contributed by atoms with E-state index in [2.05, 4.69) is 232 Å². The topological polar surface area (TPSA) is 26.3 Å². The summed E-state index contributed by atoms with van der Waals surface area (Å²) in [7, 11) is 0. The van der Waals surface area contributed by atoms with E-state index in [-0.39, 0.29) is 5.92 Å². The van der Waals surface area contributed by atoms with Crippen molar-refractivity contribution in [2.24, 2.45) is 0 Å². The molecule has 2 aromatic heterocycles. The highest BCUT2D eigenvalue weighted by atomic mass is 16.3. The lowest BCUT2D eigenvalue weighted by Gasteiger charge is -2.14. The van der Waals surface area contributed by atoms with E-state index in [0.717, 1.165) is 77.6 Å². The van der Waals surface area contributed by atoms with Crippen molar-refractivity contribution in [3.05, 3.63) is 290 Å². The minimum absolute atomic E-state index is 0.205. The number of hydrogen-bond acceptors (Lipinski definition) is 2. The zero-order valence-corrected chi connectivity index (χ0v) is 40.9. The van der Waals surface area contributed by atoms with Crippen LogP contribution in [0.15, 0.2) is 282 Å². The molecule has 0 aliphatic heterocycles. The van der Waals surface area contributed by atoms with Crippen molar-refractivity contribution in [2.45, 2.75) is 19.8 Å². The van der Waals surface area contributed by atoms with Gasteiger partial charge in [0.05, 0.1) is 0 Å². The molecule has 0 atom stereocenters. The Morgan fingerprint density at radius 3 is 0.986 bits per heavy atom. The van der Waals surface area contributed by atoms with E-state index in [1.807, 2.05) is 54.6 Å². The SMILES string of the molecule is CC(c1ccc(-c2cccc3c2oc2c(-c4ccccc4)cc4ccccc4c23)cc1)c1ccc(-c2cccc3c2oc2c(-c4ccccc4)cc4ccccc4c23)cc1.Cc1ccccc1.c1ccccc1. The molecular weight excluding hydrogens is 885 g/mol. The second-order valence-electron chi connectivity index (χ2n) is 18.8. The number of rotatable bonds is 6. The second kappa shape index (κ2) is 19.9. The van der Waals surface area contributed by atoms with Crippen LogP contribution in [0, 0.1) is 6.92 Å². The van der Waals surface area contributed by atoms with Crippen LogP contribution in [0.1, 0.15) is 29.5 Å². The number of fused-ring (bicyclic) bond motifs is 10. The molecule has 0 fully saturated rings. The van der Waals surface area contributed by atoms with Gasteiger partial charge in [-0.2, -0.15) is 0 Å². The fourth-order valence-electron chi connectivity index (χ4n) is 10.4.